The third-order valence-corrected chi connectivity index (χ3v) is 3.66. The number of carbonyl (C=O) groups excluding carboxylic acids is 1. The molecule has 0 atom stereocenters. The number of rotatable bonds is 6. The van der Waals surface area contributed by atoms with Crippen LogP contribution in [0.3, 0.4) is 0 Å². The second-order valence-corrected chi connectivity index (χ2v) is 5.50. The number of benzene rings is 2. The van der Waals surface area contributed by atoms with Crippen LogP contribution in [-0.4, -0.2) is 15.9 Å². The first-order valence-corrected chi connectivity index (χ1v) is 7.91. The molecular formula is C19H15N3O5. The second kappa shape index (κ2) is 7.96. The molecule has 0 aliphatic heterocycles. The quantitative estimate of drug-likeness (QED) is 0.306. The number of para-hydroxylation sites is 1. The molecule has 0 aliphatic carbocycles. The molecule has 136 valence electrons. The number of nitro groups is 1. The molecule has 2 N–H and O–H groups in total. The lowest BCUT2D eigenvalue weighted by molar-refractivity contribution is -0.384. The highest BCUT2D eigenvalue weighted by Gasteiger charge is 2.17. The number of carbonyl (C=O) groups is 1. The van der Waals surface area contributed by atoms with E-state index in [0.29, 0.717) is 17.1 Å². The number of hydrogen-bond donors (Lipinski definition) is 1. The summed E-state index contributed by atoms with van der Waals surface area (Å²) in [7, 11) is 0. The molecule has 0 fully saturated rings. The van der Waals surface area contributed by atoms with Crippen LogP contribution in [0, 0.1) is 10.1 Å². The number of aromatic nitrogens is 1. The van der Waals surface area contributed by atoms with Gasteiger partial charge in [-0.3, -0.25) is 15.1 Å². The number of ether oxygens (including phenoxy) is 2. The number of esters is 1. The molecule has 3 rings (SSSR count). The van der Waals surface area contributed by atoms with E-state index in [1.54, 1.807) is 48.8 Å². The minimum absolute atomic E-state index is 0.0603. The van der Waals surface area contributed by atoms with Crippen LogP contribution < -0.4 is 10.5 Å². The molecule has 0 radical (unpaired) electrons. The molecule has 1 heterocycles. The molecule has 8 heteroatoms. The Morgan fingerprint density at radius 1 is 1.15 bits per heavy atom. The summed E-state index contributed by atoms with van der Waals surface area (Å²) in [6.45, 7) is -0.0859. The van der Waals surface area contributed by atoms with E-state index in [1.165, 1.54) is 12.1 Å². The predicted octanol–water partition coefficient (Wildman–Crippen LogP) is 3.72. The molecule has 27 heavy (non-hydrogen) atoms. The van der Waals surface area contributed by atoms with Crippen molar-refractivity contribution in [3.63, 3.8) is 0 Å². The maximum absolute atomic E-state index is 12.3. The minimum atomic E-state index is -0.757. The van der Waals surface area contributed by atoms with Gasteiger partial charge < -0.3 is 15.2 Å². The van der Waals surface area contributed by atoms with Crippen molar-refractivity contribution in [2.24, 2.45) is 0 Å². The first-order chi connectivity index (χ1) is 13.0. The predicted molar refractivity (Wildman–Crippen MR) is 97.4 cm³/mol. The first kappa shape index (κ1) is 17.9. The lowest BCUT2D eigenvalue weighted by Crippen LogP contribution is -2.09. The van der Waals surface area contributed by atoms with Gasteiger partial charge in [0.15, 0.2) is 0 Å². The Kier molecular flexibility index (Phi) is 5.27. The molecular weight excluding hydrogens is 350 g/mol. The van der Waals surface area contributed by atoms with Crippen molar-refractivity contribution in [2.75, 3.05) is 5.73 Å². The Morgan fingerprint density at radius 3 is 2.70 bits per heavy atom. The average Bonchev–Trinajstić information content (AvgIpc) is 2.68. The highest BCUT2D eigenvalue weighted by molar-refractivity contribution is 5.95. The number of anilines is 1. The lowest BCUT2D eigenvalue weighted by Gasteiger charge is -2.12. The number of non-ortho nitro benzene ring substituents is 1. The fraction of sp³-hybridized carbons (Fsp3) is 0.0526. The normalized spacial score (nSPS) is 10.2. The van der Waals surface area contributed by atoms with Crippen LogP contribution in [-0.2, 0) is 11.3 Å². The highest BCUT2D eigenvalue weighted by atomic mass is 16.6. The molecule has 0 bridgehead atoms. The monoisotopic (exact) mass is 365 g/mol. The Balaban J connectivity index is 1.75. The van der Waals surface area contributed by atoms with Crippen molar-refractivity contribution in [3.05, 3.63) is 88.2 Å². The van der Waals surface area contributed by atoms with E-state index in [-0.39, 0.29) is 23.5 Å². The van der Waals surface area contributed by atoms with Gasteiger partial charge in [0, 0.05) is 29.6 Å². The number of nitrogens with zero attached hydrogens (tertiary/aromatic N) is 2. The Morgan fingerprint density at radius 2 is 1.96 bits per heavy atom. The zero-order chi connectivity index (χ0) is 19.2. The average molecular weight is 365 g/mol. The zero-order valence-corrected chi connectivity index (χ0v) is 14.1. The van der Waals surface area contributed by atoms with Crippen molar-refractivity contribution in [1.82, 2.24) is 4.98 Å². The van der Waals surface area contributed by atoms with Gasteiger partial charge in [0.25, 0.3) is 5.69 Å². The van der Waals surface area contributed by atoms with Crippen LogP contribution in [0.5, 0.6) is 11.5 Å². The summed E-state index contributed by atoms with van der Waals surface area (Å²) in [5, 5.41) is 10.9. The summed E-state index contributed by atoms with van der Waals surface area (Å²) in [6.07, 6.45) is 3.19. The van der Waals surface area contributed by atoms with Crippen molar-refractivity contribution < 1.29 is 19.2 Å². The van der Waals surface area contributed by atoms with Gasteiger partial charge in [-0.2, -0.15) is 0 Å². The summed E-state index contributed by atoms with van der Waals surface area (Å²) >= 11 is 0. The summed E-state index contributed by atoms with van der Waals surface area (Å²) in [4.78, 5) is 26.6. The van der Waals surface area contributed by atoms with Gasteiger partial charge in [0.1, 0.15) is 18.1 Å². The molecule has 0 unspecified atom stereocenters. The number of nitro benzene ring substituents is 1. The summed E-state index contributed by atoms with van der Waals surface area (Å²) < 4.78 is 11.0. The number of pyridine rings is 1. The van der Waals surface area contributed by atoms with Gasteiger partial charge in [-0.1, -0.05) is 18.2 Å². The van der Waals surface area contributed by atoms with Gasteiger partial charge in [0.05, 0.1) is 16.7 Å². The van der Waals surface area contributed by atoms with E-state index in [0.717, 1.165) is 6.07 Å². The molecule has 0 saturated heterocycles. The molecule has 1 aromatic heterocycles. The van der Waals surface area contributed by atoms with Gasteiger partial charge in [-0.25, -0.2) is 4.79 Å². The van der Waals surface area contributed by atoms with E-state index >= 15 is 0 Å². The van der Waals surface area contributed by atoms with Crippen LogP contribution in [0.4, 0.5) is 11.4 Å². The lowest BCUT2D eigenvalue weighted by atomic mass is 10.1. The first-order valence-electron chi connectivity index (χ1n) is 7.91. The van der Waals surface area contributed by atoms with Gasteiger partial charge in [-0.05, 0) is 24.3 Å². The van der Waals surface area contributed by atoms with Crippen LogP contribution in [0.25, 0.3) is 0 Å². The van der Waals surface area contributed by atoms with E-state index in [9.17, 15) is 14.9 Å². The van der Waals surface area contributed by atoms with E-state index in [2.05, 4.69) is 4.98 Å². The van der Waals surface area contributed by atoms with Gasteiger partial charge in [0.2, 0.25) is 0 Å². The fourth-order valence-corrected chi connectivity index (χ4v) is 2.31. The molecule has 8 nitrogen and oxygen atoms in total. The third kappa shape index (κ3) is 4.37. The van der Waals surface area contributed by atoms with Crippen LogP contribution in [0.2, 0.25) is 0 Å². The minimum Gasteiger partial charge on any atom is -0.457 e. The third-order valence-electron chi connectivity index (χ3n) is 3.66. The Labute approximate surface area is 154 Å². The highest BCUT2D eigenvalue weighted by Crippen LogP contribution is 2.26. The molecule has 2 aromatic carbocycles. The van der Waals surface area contributed by atoms with E-state index in [4.69, 9.17) is 15.2 Å². The fourth-order valence-electron chi connectivity index (χ4n) is 2.31. The smallest absolute Gasteiger partial charge is 0.340 e. The number of hydrogen-bond acceptors (Lipinski definition) is 7. The molecule has 3 aromatic rings. The summed E-state index contributed by atoms with van der Waals surface area (Å²) in [5.74, 6) is 0.289. The number of nitrogen functional groups attached to an aromatic ring is 1. The Bertz CT molecular complexity index is 976. The van der Waals surface area contributed by atoms with Crippen LogP contribution in [0.1, 0.15) is 15.9 Å². The summed E-state index contributed by atoms with van der Waals surface area (Å²) in [5.41, 5.74) is 6.16. The topological polar surface area (TPSA) is 118 Å². The SMILES string of the molecule is Nc1ccc([N+](=O)[O-])cc1C(=O)OCc1ccccc1Oc1cccnc1. The van der Waals surface area contributed by atoms with Crippen molar-refractivity contribution in [3.8, 4) is 11.5 Å². The maximum Gasteiger partial charge on any atom is 0.340 e. The standard InChI is InChI=1S/C19H15N3O5/c20-17-8-7-14(22(24)25)10-16(17)19(23)26-12-13-4-1-2-6-18(13)27-15-5-3-9-21-11-15/h1-11H,12,20H2. The molecule has 0 spiro atoms. The molecule has 0 aliphatic rings. The largest absolute Gasteiger partial charge is 0.457 e. The van der Waals surface area contributed by atoms with E-state index < -0.39 is 10.9 Å². The number of nitrogens with two attached hydrogens (primary N) is 1. The second-order valence-electron chi connectivity index (χ2n) is 5.50. The van der Waals surface area contributed by atoms with Crippen LogP contribution in [0.15, 0.2) is 67.0 Å². The van der Waals surface area contributed by atoms with E-state index in [1.807, 2.05) is 0 Å². The summed E-state index contributed by atoms with van der Waals surface area (Å²) in [6, 6.07) is 14.2. The van der Waals surface area contributed by atoms with Gasteiger partial charge >= 0.3 is 5.97 Å². The zero-order valence-electron chi connectivity index (χ0n) is 14.1. The van der Waals surface area contributed by atoms with Crippen LogP contribution >= 0.6 is 0 Å². The van der Waals surface area contributed by atoms with Crippen molar-refractivity contribution in [2.45, 2.75) is 6.61 Å². The maximum atomic E-state index is 12.3. The van der Waals surface area contributed by atoms with Crippen molar-refractivity contribution >= 4 is 17.3 Å². The van der Waals surface area contributed by atoms with Gasteiger partial charge in [-0.15, -0.1) is 0 Å². The molecule has 0 saturated carbocycles. The Hall–Kier alpha value is -3.94. The molecule has 0 amide bonds. The van der Waals surface area contributed by atoms with Crippen molar-refractivity contribution in [1.29, 1.82) is 0 Å².